The second-order valence-corrected chi connectivity index (χ2v) is 4.81. The lowest BCUT2D eigenvalue weighted by Gasteiger charge is -2.08. The van der Waals surface area contributed by atoms with Crippen LogP contribution in [0.3, 0.4) is 0 Å². The van der Waals surface area contributed by atoms with E-state index in [1.54, 1.807) is 4.68 Å². The Morgan fingerprint density at radius 1 is 1.35 bits per heavy atom. The molecule has 5 heteroatoms. The van der Waals surface area contributed by atoms with Gasteiger partial charge in [-0.25, -0.2) is 0 Å². The van der Waals surface area contributed by atoms with E-state index in [9.17, 15) is 4.79 Å². The smallest absolute Gasteiger partial charge is 0.238 e. The van der Waals surface area contributed by atoms with Crippen LogP contribution in [0, 0.1) is 6.92 Å². The predicted molar refractivity (Wildman–Crippen MR) is 79.6 cm³/mol. The third-order valence-corrected chi connectivity index (χ3v) is 3.05. The molecule has 2 rings (SSSR count). The molecule has 0 radical (unpaired) electrons. The molecule has 0 atom stereocenters. The Kier molecular flexibility index (Phi) is 4.90. The first-order valence-electron chi connectivity index (χ1n) is 6.69. The van der Waals surface area contributed by atoms with Gasteiger partial charge in [0.1, 0.15) is 0 Å². The highest BCUT2D eigenvalue weighted by Crippen LogP contribution is 2.12. The van der Waals surface area contributed by atoms with Crippen molar-refractivity contribution < 1.29 is 4.79 Å². The van der Waals surface area contributed by atoms with Gasteiger partial charge in [-0.15, -0.1) is 0 Å². The van der Waals surface area contributed by atoms with Crippen LogP contribution in [0.15, 0.2) is 36.7 Å². The number of benzene rings is 1. The molecule has 0 saturated carbocycles. The van der Waals surface area contributed by atoms with Crippen molar-refractivity contribution in [1.29, 1.82) is 0 Å². The molecule has 0 bridgehead atoms. The summed E-state index contributed by atoms with van der Waals surface area (Å²) in [6.07, 6.45) is 4.69. The van der Waals surface area contributed by atoms with Gasteiger partial charge in [-0.3, -0.25) is 9.48 Å². The zero-order valence-corrected chi connectivity index (χ0v) is 11.9. The molecule has 0 saturated heterocycles. The van der Waals surface area contributed by atoms with E-state index in [2.05, 4.69) is 15.7 Å². The maximum Gasteiger partial charge on any atom is 0.238 e. The Hall–Kier alpha value is -2.14. The zero-order chi connectivity index (χ0) is 14.4. The van der Waals surface area contributed by atoms with Gasteiger partial charge in [0.2, 0.25) is 5.91 Å². The van der Waals surface area contributed by atoms with E-state index in [1.807, 2.05) is 50.6 Å². The lowest BCUT2D eigenvalue weighted by Crippen LogP contribution is -2.29. The summed E-state index contributed by atoms with van der Waals surface area (Å²) in [6, 6.07) is 7.75. The minimum Gasteiger partial charge on any atom is -0.325 e. The fourth-order valence-corrected chi connectivity index (χ4v) is 1.94. The third-order valence-electron chi connectivity index (χ3n) is 3.05. The van der Waals surface area contributed by atoms with Crippen LogP contribution >= 0.6 is 0 Å². The monoisotopic (exact) mass is 272 g/mol. The largest absolute Gasteiger partial charge is 0.325 e. The van der Waals surface area contributed by atoms with Crippen molar-refractivity contribution in [3.05, 3.63) is 47.8 Å². The van der Waals surface area contributed by atoms with Gasteiger partial charge in [-0.2, -0.15) is 5.10 Å². The highest BCUT2D eigenvalue weighted by molar-refractivity contribution is 5.92. The number of carbonyl (C=O) groups excluding carboxylic acids is 1. The minimum absolute atomic E-state index is 0.0227. The summed E-state index contributed by atoms with van der Waals surface area (Å²) in [4.78, 5) is 11.8. The predicted octanol–water partition coefficient (Wildman–Crippen LogP) is 1.50. The second-order valence-electron chi connectivity index (χ2n) is 4.81. The van der Waals surface area contributed by atoms with E-state index in [4.69, 9.17) is 0 Å². The number of para-hydroxylation sites is 1. The highest BCUT2D eigenvalue weighted by Gasteiger charge is 2.03. The topological polar surface area (TPSA) is 59.0 Å². The maximum atomic E-state index is 11.8. The van der Waals surface area contributed by atoms with Crippen LogP contribution in [0.2, 0.25) is 0 Å². The molecule has 1 amide bonds. The lowest BCUT2D eigenvalue weighted by molar-refractivity contribution is -0.115. The molecule has 5 nitrogen and oxygen atoms in total. The first kappa shape index (κ1) is 14.3. The summed E-state index contributed by atoms with van der Waals surface area (Å²) in [7, 11) is 1.90. The number of rotatable bonds is 6. The van der Waals surface area contributed by atoms with E-state index in [1.165, 1.54) is 5.56 Å². The summed E-state index contributed by atoms with van der Waals surface area (Å²) in [5.41, 5.74) is 3.10. The first-order valence-corrected chi connectivity index (χ1v) is 6.69. The van der Waals surface area contributed by atoms with Gasteiger partial charge < -0.3 is 10.6 Å². The number of amides is 1. The highest BCUT2D eigenvalue weighted by atomic mass is 16.1. The van der Waals surface area contributed by atoms with Gasteiger partial charge in [-0.05, 0) is 37.1 Å². The molecule has 0 aliphatic rings. The number of hydrogen-bond acceptors (Lipinski definition) is 3. The number of nitrogens with one attached hydrogen (secondary N) is 2. The molecular weight excluding hydrogens is 252 g/mol. The van der Waals surface area contributed by atoms with Gasteiger partial charge in [0.25, 0.3) is 0 Å². The second kappa shape index (κ2) is 6.86. The number of aromatic nitrogens is 2. The first-order chi connectivity index (χ1) is 9.65. The van der Waals surface area contributed by atoms with E-state index in [0.29, 0.717) is 6.54 Å². The van der Waals surface area contributed by atoms with Crippen molar-refractivity contribution in [1.82, 2.24) is 15.1 Å². The van der Waals surface area contributed by atoms with Crippen molar-refractivity contribution in [2.45, 2.75) is 13.3 Å². The molecule has 20 heavy (non-hydrogen) atoms. The lowest BCUT2D eigenvalue weighted by atomic mass is 10.2. The van der Waals surface area contributed by atoms with Crippen LogP contribution < -0.4 is 10.6 Å². The van der Waals surface area contributed by atoms with Crippen molar-refractivity contribution >= 4 is 11.6 Å². The Bertz CT molecular complexity index is 577. The number of carbonyl (C=O) groups is 1. The van der Waals surface area contributed by atoms with Gasteiger partial charge in [-0.1, -0.05) is 18.2 Å². The molecule has 0 spiro atoms. The van der Waals surface area contributed by atoms with E-state index < -0.39 is 0 Å². The SMILES string of the molecule is Cc1ccccc1NC(=O)CNCCc1cnn(C)c1. The molecule has 1 aromatic carbocycles. The number of nitrogens with zero attached hydrogens (tertiary/aromatic N) is 2. The van der Waals surface area contributed by atoms with Gasteiger partial charge in [0.05, 0.1) is 12.7 Å². The molecule has 2 N–H and O–H groups in total. The number of anilines is 1. The van der Waals surface area contributed by atoms with Crippen LogP contribution in [-0.2, 0) is 18.3 Å². The summed E-state index contributed by atoms with van der Waals surface area (Å²) in [5, 5.41) is 10.1. The minimum atomic E-state index is -0.0227. The van der Waals surface area contributed by atoms with Crippen LogP contribution in [0.4, 0.5) is 5.69 Å². The number of hydrogen-bond donors (Lipinski definition) is 2. The summed E-state index contributed by atoms with van der Waals surface area (Å²) in [6.45, 7) is 3.05. The molecule has 2 aromatic rings. The molecule has 0 aliphatic heterocycles. The van der Waals surface area contributed by atoms with E-state index in [0.717, 1.165) is 24.2 Å². The summed E-state index contributed by atoms with van der Waals surface area (Å²) in [5.74, 6) is -0.0227. The Morgan fingerprint density at radius 3 is 2.85 bits per heavy atom. The van der Waals surface area contributed by atoms with Gasteiger partial charge in [0.15, 0.2) is 0 Å². The van der Waals surface area contributed by atoms with Crippen LogP contribution in [0.5, 0.6) is 0 Å². The molecule has 0 unspecified atom stereocenters. The average Bonchev–Trinajstić information content (AvgIpc) is 2.83. The molecule has 0 fully saturated rings. The zero-order valence-electron chi connectivity index (χ0n) is 11.9. The van der Waals surface area contributed by atoms with Gasteiger partial charge in [0, 0.05) is 18.9 Å². The van der Waals surface area contributed by atoms with Crippen LogP contribution in [-0.4, -0.2) is 28.8 Å². The van der Waals surface area contributed by atoms with E-state index in [-0.39, 0.29) is 5.91 Å². The van der Waals surface area contributed by atoms with Crippen LogP contribution in [0.25, 0.3) is 0 Å². The molecule has 106 valence electrons. The summed E-state index contributed by atoms with van der Waals surface area (Å²) >= 11 is 0. The van der Waals surface area contributed by atoms with Crippen molar-refractivity contribution in [2.75, 3.05) is 18.4 Å². The van der Waals surface area contributed by atoms with Gasteiger partial charge >= 0.3 is 0 Å². The van der Waals surface area contributed by atoms with E-state index >= 15 is 0 Å². The van der Waals surface area contributed by atoms with Crippen molar-refractivity contribution in [3.8, 4) is 0 Å². The van der Waals surface area contributed by atoms with Crippen molar-refractivity contribution in [2.24, 2.45) is 7.05 Å². The standard InChI is InChI=1S/C15H20N4O/c1-12-5-3-4-6-14(12)18-15(20)10-16-8-7-13-9-17-19(2)11-13/h3-6,9,11,16H,7-8,10H2,1-2H3,(H,18,20). The average molecular weight is 272 g/mol. The van der Waals surface area contributed by atoms with Crippen molar-refractivity contribution in [3.63, 3.8) is 0 Å². The maximum absolute atomic E-state index is 11.8. The summed E-state index contributed by atoms with van der Waals surface area (Å²) < 4.78 is 1.78. The fourth-order valence-electron chi connectivity index (χ4n) is 1.94. The molecular formula is C15H20N4O. The fraction of sp³-hybridized carbons (Fsp3) is 0.333. The molecule has 1 heterocycles. The normalized spacial score (nSPS) is 10.5. The Labute approximate surface area is 119 Å². The Balaban J connectivity index is 1.69. The molecule has 1 aromatic heterocycles. The quantitative estimate of drug-likeness (QED) is 0.783. The Morgan fingerprint density at radius 2 is 2.15 bits per heavy atom. The molecule has 0 aliphatic carbocycles. The third kappa shape index (κ3) is 4.20. The van der Waals surface area contributed by atoms with Crippen LogP contribution in [0.1, 0.15) is 11.1 Å². The number of aryl methyl sites for hydroxylation is 2.